The van der Waals surface area contributed by atoms with Gasteiger partial charge in [-0.1, -0.05) is 36.0 Å². The molecular formula is C13H14N2O2S. The number of aromatic nitrogens is 2. The van der Waals surface area contributed by atoms with E-state index >= 15 is 0 Å². The van der Waals surface area contributed by atoms with Gasteiger partial charge in [-0.15, -0.1) is 5.10 Å². The molecule has 0 atom stereocenters. The van der Waals surface area contributed by atoms with Gasteiger partial charge in [0.25, 0.3) is 0 Å². The maximum atomic E-state index is 11.3. The number of nitrogens with zero attached hydrogens (tertiary/aromatic N) is 2. The first kappa shape index (κ1) is 12.8. The topological polar surface area (TPSA) is 52.1 Å². The van der Waals surface area contributed by atoms with Gasteiger partial charge in [0.1, 0.15) is 5.03 Å². The fraction of sp³-hybridized carbons (Fsp3) is 0.308. The number of carbonyl (C=O) groups is 1. The fourth-order valence-electron chi connectivity index (χ4n) is 1.65. The first-order chi connectivity index (χ1) is 8.72. The Morgan fingerprint density at radius 1 is 1.28 bits per heavy atom. The number of hydrogen-bond acceptors (Lipinski definition) is 5. The van der Waals surface area contributed by atoms with Crippen molar-refractivity contribution in [2.75, 3.05) is 12.4 Å². The van der Waals surface area contributed by atoms with Crippen molar-refractivity contribution in [3.05, 3.63) is 30.0 Å². The van der Waals surface area contributed by atoms with Crippen molar-refractivity contribution in [3.63, 3.8) is 0 Å². The number of rotatable bonds is 4. The molecule has 94 valence electrons. The molecule has 0 aliphatic heterocycles. The summed E-state index contributed by atoms with van der Waals surface area (Å²) in [4.78, 5) is 11.3. The van der Waals surface area contributed by atoms with Gasteiger partial charge in [-0.05, 0) is 13.8 Å². The highest BCUT2D eigenvalue weighted by molar-refractivity contribution is 8.00. The molecule has 18 heavy (non-hydrogen) atoms. The standard InChI is InChI=1S/C13H14N2O2S/c1-3-17-12(16)8-18-13-11-7-5-4-6-10(11)9(2)14-15-13/h4-7H,3,8H2,1-2H3. The average Bonchev–Trinajstić information content (AvgIpc) is 2.39. The minimum absolute atomic E-state index is 0.228. The zero-order valence-electron chi connectivity index (χ0n) is 10.3. The molecule has 1 aromatic heterocycles. The smallest absolute Gasteiger partial charge is 0.316 e. The number of carbonyl (C=O) groups excluding carboxylic acids is 1. The second-order valence-corrected chi connectivity index (χ2v) is 4.69. The van der Waals surface area contributed by atoms with Gasteiger partial charge in [0.15, 0.2) is 0 Å². The van der Waals surface area contributed by atoms with Gasteiger partial charge >= 0.3 is 5.97 Å². The van der Waals surface area contributed by atoms with Crippen molar-refractivity contribution in [1.29, 1.82) is 0 Å². The summed E-state index contributed by atoms with van der Waals surface area (Å²) in [6, 6.07) is 7.92. The summed E-state index contributed by atoms with van der Waals surface area (Å²) >= 11 is 1.36. The highest BCUT2D eigenvalue weighted by atomic mass is 32.2. The van der Waals surface area contributed by atoms with Crippen LogP contribution in [0.15, 0.2) is 29.3 Å². The van der Waals surface area contributed by atoms with Crippen molar-refractivity contribution in [2.45, 2.75) is 18.9 Å². The third-order valence-electron chi connectivity index (χ3n) is 2.47. The molecule has 2 rings (SSSR count). The van der Waals surface area contributed by atoms with Crippen LogP contribution in [0.1, 0.15) is 12.6 Å². The largest absolute Gasteiger partial charge is 0.465 e. The van der Waals surface area contributed by atoms with E-state index in [1.54, 1.807) is 6.92 Å². The van der Waals surface area contributed by atoms with Gasteiger partial charge < -0.3 is 4.74 Å². The third kappa shape index (κ3) is 2.79. The normalized spacial score (nSPS) is 10.6. The van der Waals surface area contributed by atoms with Crippen LogP contribution >= 0.6 is 11.8 Å². The van der Waals surface area contributed by atoms with E-state index in [-0.39, 0.29) is 11.7 Å². The molecule has 0 N–H and O–H groups in total. The van der Waals surface area contributed by atoms with Crippen molar-refractivity contribution in [3.8, 4) is 0 Å². The Kier molecular flexibility index (Phi) is 4.15. The first-order valence-electron chi connectivity index (χ1n) is 5.72. The molecule has 1 heterocycles. The minimum atomic E-state index is -0.228. The Bertz CT molecular complexity index is 572. The van der Waals surface area contributed by atoms with E-state index in [2.05, 4.69) is 10.2 Å². The van der Waals surface area contributed by atoms with Gasteiger partial charge in [0, 0.05) is 10.8 Å². The van der Waals surface area contributed by atoms with E-state index < -0.39 is 0 Å². The van der Waals surface area contributed by atoms with Crippen molar-refractivity contribution in [1.82, 2.24) is 10.2 Å². The maximum absolute atomic E-state index is 11.3. The summed E-state index contributed by atoms with van der Waals surface area (Å²) in [6.07, 6.45) is 0. The van der Waals surface area contributed by atoms with E-state index in [1.807, 2.05) is 31.2 Å². The number of benzene rings is 1. The molecule has 5 heteroatoms. The van der Waals surface area contributed by atoms with Gasteiger partial charge in [-0.25, -0.2) is 0 Å². The second-order valence-electron chi connectivity index (χ2n) is 3.73. The number of hydrogen-bond donors (Lipinski definition) is 0. The van der Waals surface area contributed by atoms with Gasteiger partial charge in [-0.2, -0.15) is 5.10 Å². The summed E-state index contributed by atoms with van der Waals surface area (Å²) in [5.41, 5.74) is 0.895. The summed E-state index contributed by atoms with van der Waals surface area (Å²) in [6.45, 7) is 4.12. The van der Waals surface area contributed by atoms with Crippen LogP contribution < -0.4 is 0 Å². The quantitative estimate of drug-likeness (QED) is 0.626. The molecule has 0 fully saturated rings. The zero-order valence-corrected chi connectivity index (χ0v) is 11.2. The molecule has 4 nitrogen and oxygen atoms in total. The average molecular weight is 262 g/mol. The lowest BCUT2D eigenvalue weighted by Crippen LogP contribution is -2.07. The molecule has 0 saturated carbocycles. The summed E-state index contributed by atoms with van der Waals surface area (Å²) < 4.78 is 4.89. The van der Waals surface area contributed by atoms with Crippen LogP contribution in [0.2, 0.25) is 0 Å². The predicted octanol–water partition coefficient (Wildman–Crippen LogP) is 2.59. The van der Waals surface area contributed by atoms with Crippen LogP contribution in [0.4, 0.5) is 0 Å². The lowest BCUT2D eigenvalue weighted by atomic mass is 10.1. The van der Waals surface area contributed by atoms with E-state index in [1.165, 1.54) is 11.8 Å². The Labute approximate surface area is 110 Å². The minimum Gasteiger partial charge on any atom is -0.465 e. The van der Waals surface area contributed by atoms with Crippen molar-refractivity contribution < 1.29 is 9.53 Å². The summed E-state index contributed by atoms with van der Waals surface area (Å²) in [7, 11) is 0. The molecular weight excluding hydrogens is 248 g/mol. The highest BCUT2D eigenvalue weighted by Crippen LogP contribution is 2.26. The van der Waals surface area contributed by atoms with Crippen LogP contribution in [0, 0.1) is 6.92 Å². The SMILES string of the molecule is CCOC(=O)CSc1nnc(C)c2ccccc12. The molecule has 0 radical (unpaired) electrons. The number of thioether (sulfide) groups is 1. The molecule has 0 aliphatic rings. The Morgan fingerprint density at radius 3 is 2.72 bits per heavy atom. The lowest BCUT2D eigenvalue weighted by molar-refractivity contribution is -0.139. The number of aryl methyl sites for hydroxylation is 1. The third-order valence-corrected chi connectivity index (χ3v) is 3.43. The van der Waals surface area contributed by atoms with Crippen molar-refractivity contribution in [2.24, 2.45) is 0 Å². The van der Waals surface area contributed by atoms with E-state index in [4.69, 9.17) is 4.74 Å². The van der Waals surface area contributed by atoms with Crippen LogP contribution in [0.25, 0.3) is 10.8 Å². The van der Waals surface area contributed by atoms with Gasteiger partial charge in [0.05, 0.1) is 18.1 Å². The molecule has 0 bridgehead atoms. The number of ether oxygens (including phenoxy) is 1. The molecule has 0 aliphatic carbocycles. The molecule has 0 saturated heterocycles. The van der Waals surface area contributed by atoms with E-state index in [9.17, 15) is 4.79 Å². The Morgan fingerprint density at radius 2 is 2.00 bits per heavy atom. The predicted molar refractivity (Wildman–Crippen MR) is 71.6 cm³/mol. The Balaban J connectivity index is 2.24. The van der Waals surface area contributed by atoms with Crippen LogP contribution in [-0.4, -0.2) is 28.5 Å². The fourth-order valence-corrected chi connectivity index (χ4v) is 2.42. The van der Waals surface area contributed by atoms with Crippen LogP contribution in [0.5, 0.6) is 0 Å². The highest BCUT2D eigenvalue weighted by Gasteiger charge is 2.09. The van der Waals surface area contributed by atoms with E-state index in [0.717, 1.165) is 21.5 Å². The van der Waals surface area contributed by atoms with Gasteiger partial charge in [-0.3, -0.25) is 4.79 Å². The second kappa shape index (κ2) is 5.82. The van der Waals surface area contributed by atoms with Gasteiger partial charge in [0.2, 0.25) is 0 Å². The number of esters is 1. The van der Waals surface area contributed by atoms with Crippen molar-refractivity contribution >= 4 is 28.5 Å². The molecule has 0 spiro atoms. The monoisotopic (exact) mass is 262 g/mol. The zero-order chi connectivity index (χ0) is 13.0. The van der Waals surface area contributed by atoms with Crippen LogP contribution in [0.3, 0.4) is 0 Å². The first-order valence-corrected chi connectivity index (χ1v) is 6.71. The maximum Gasteiger partial charge on any atom is 0.316 e. The van der Waals surface area contributed by atoms with Crippen LogP contribution in [-0.2, 0) is 9.53 Å². The lowest BCUT2D eigenvalue weighted by Gasteiger charge is -2.06. The summed E-state index contributed by atoms with van der Waals surface area (Å²) in [5, 5.41) is 11.1. The Hall–Kier alpha value is -1.62. The summed E-state index contributed by atoms with van der Waals surface area (Å²) in [5.74, 6) is 0.0317. The van der Waals surface area contributed by atoms with E-state index in [0.29, 0.717) is 6.61 Å². The molecule has 0 unspecified atom stereocenters. The molecule has 0 amide bonds. The molecule has 2 aromatic rings. The molecule has 1 aromatic carbocycles. The number of fused-ring (bicyclic) bond motifs is 1.